The summed E-state index contributed by atoms with van der Waals surface area (Å²) in [5.41, 5.74) is 0.863. The van der Waals surface area contributed by atoms with E-state index in [1.54, 1.807) is 16.8 Å². The van der Waals surface area contributed by atoms with Crippen LogP contribution in [0.4, 0.5) is 0 Å². The van der Waals surface area contributed by atoms with Crippen molar-refractivity contribution in [3.05, 3.63) is 66.4 Å². The van der Waals surface area contributed by atoms with Gasteiger partial charge in [0.15, 0.2) is 0 Å². The third kappa shape index (κ3) is 3.21. The van der Waals surface area contributed by atoms with Crippen molar-refractivity contribution in [2.45, 2.75) is 6.54 Å². The molecule has 0 fully saturated rings. The number of halogens is 3. The van der Waals surface area contributed by atoms with Crippen molar-refractivity contribution in [1.29, 1.82) is 0 Å². The van der Waals surface area contributed by atoms with Crippen LogP contribution in [0.5, 0.6) is 0 Å². The molecule has 2 rings (SSSR count). The first-order valence-electron chi connectivity index (χ1n) is 4.86. The Balaban J connectivity index is 2.38. The van der Waals surface area contributed by atoms with Crippen LogP contribution in [0.15, 0.2) is 50.3 Å². The molecule has 0 unspecified atom stereocenters. The molecule has 0 aliphatic carbocycles. The van der Waals surface area contributed by atoms with Crippen LogP contribution in [-0.2, 0) is 6.54 Å². The van der Waals surface area contributed by atoms with Gasteiger partial charge in [0.05, 0.1) is 6.54 Å². The van der Waals surface area contributed by atoms with Gasteiger partial charge < -0.3 is 4.57 Å². The molecule has 0 N–H and O–H groups in total. The summed E-state index contributed by atoms with van der Waals surface area (Å²) in [6.45, 7) is 0.463. The molecule has 2 aromatic rings. The van der Waals surface area contributed by atoms with Gasteiger partial charge in [-0.25, -0.2) is 0 Å². The van der Waals surface area contributed by atoms with E-state index in [9.17, 15) is 4.79 Å². The molecule has 0 aliphatic heterocycles. The molecule has 0 aliphatic rings. The summed E-state index contributed by atoms with van der Waals surface area (Å²) in [5.74, 6) is 0. The van der Waals surface area contributed by atoms with Gasteiger partial charge in [-0.2, -0.15) is 0 Å². The van der Waals surface area contributed by atoms with Gasteiger partial charge in [-0.15, -0.1) is 0 Å². The first-order valence-corrected chi connectivity index (χ1v) is 6.82. The Kier molecular flexibility index (Phi) is 4.07. The van der Waals surface area contributed by atoms with Crippen molar-refractivity contribution in [2.75, 3.05) is 0 Å². The lowest BCUT2D eigenvalue weighted by Gasteiger charge is -2.08. The Hall–Kier alpha value is -0.580. The minimum Gasteiger partial charge on any atom is -0.310 e. The van der Waals surface area contributed by atoms with Crippen LogP contribution < -0.4 is 5.56 Å². The number of hydrogen-bond donors (Lipinski definition) is 0. The Bertz CT molecular complexity index is 610. The van der Waals surface area contributed by atoms with Crippen molar-refractivity contribution in [1.82, 2.24) is 4.57 Å². The molecule has 0 atom stereocenters. The van der Waals surface area contributed by atoms with Gasteiger partial charge in [0.1, 0.15) is 0 Å². The highest BCUT2D eigenvalue weighted by atomic mass is 79.9. The second kappa shape index (κ2) is 5.38. The average molecular weight is 377 g/mol. The number of pyridine rings is 1. The van der Waals surface area contributed by atoms with Crippen LogP contribution in [0.1, 0.15) is 5.56 Å². The molecule has 88 valence electrons. The van der Waals surface area contributed by atoms with E-state index < -0.39 is 0 Å². The van der Waals surface area contributed by atoms with E-state index in [1.165, 1.54) is 6.07 Å². The van der Waals surface area contributed by atoms with Crippen LogP contribution in [-0.4, -0.2) is 4.57 Å². The summed E-state index contributed by atoms with van der Waals surface area (Å²) in [4.78, 5) is 11.6. The molecule has 5 heteroatoms. The minimum atomic E-state index is -0.0489. The second-order valence-corrected chi connectivity index (χ2v) is 5.79. The van der Waals surface area contributed by atoms with Crippen molar-refractivity contribution in [3.8, 4) is 0 Å². The van der Waals surface area contributed by atoms with Crippen LogP contribution in [0.2, 0.25) is 5.02 Å². The zero-order chi connectivity index (χ0) is 12.4. The van der Waals surface area contributed by atoms with E-state index >= 15 is 0 Å². The highest BCUT2D eigenvalue weighted by Crippen LogP contribution is 2.22. The van der Waals surface area contributed by atoms with Crippen LogP contribution in [0.25, 0.3) is 0 Å². The summed E-state index contributed by atoms with van der Waals surface area (Å²) < 4.78 is 3.40. The van der Waals surface area contributed by atoms with Crippen molar-refractivity contribution >= 4 is 43.5 Å². The van der Waals surface area contributed by atoms with Gasteiger partial charge in [-0.3, -0.25) is 4.79 Å². The maximum atomic E-state index is 11.6. The molecule has 1 aromatic heterocycles. The fourth-order valence-corrected chi connectivity index (χ4v) is 2.57. The molecule has 0 amide bonds. The van der Waals surface area contributed by atoms with Crippen molar-refractivity contribution < 1.29 is 0 Å². The van der Waals surface area contributed by atoms with Gasteiger partial charge >= 0.3 is 0 Å². The molecular formula is C12H8Br2ClNO. The van der Waals surface area contributed by atoms with Crippen molar-refractivity contribution in [3.63, 3.8) is 0 Å². The predicted molar refractivity (Wildman–Crippen MR) is 76.7 cm³/mol. The topological polar surface area (TPSA) is 22.0 Å². The average Bonchev–Trinajstić information content (AvgIpc) is 2.27. The maximum Gasteiger partial charge on any atom is 0.250 e. The van der Waals surface area contributed by atoms with E-state index in [2.05, 4.69) is 31.9 Å². The second-order valence-electron chi connectivity index (χ2n) is 3.55. The molecule has 0 saturated carbocycles. The Morgan fingerprint density at radius 3 is 2.53 bits per heavy atom. The van der Waals surface area contributed by atoms with E-state index in [0.717, 1.165) is 14.5 Å². The Labute approximate surface area is 120 Å². The summed E-state index contributed by atoms with van der Waals surface area (Å²) >= 11 is 12.8. The van der Waals surface area contributed by atoms with E-state index in [4.69, 9.17) is 11.6 Å². The normalized spacial score (nSPS) is 10.5. The van der Waals surface area contributed by atoms with Gasteiger partial charge in [0.25, 0.3) is 5.56 Å². The fourth-order valence-electron chi connectivity index (χ4n) is 1.46. The first-order chi connectivity index (χ1) is 8.06. The number of hydrogen-bond acceptors (Lipinski definition) is 1. The largest absolute Gasteiger partial charge is 0.310 e. The van der Waals surface area contributed by atoms with Crippen LogP contribution in [0, 0.1) is 0 Å². The van der Waals surface area contributed by atoms with Crippen LogP contribution in [0.3, 0.4) is 0 Å². The van der Waals surface area contributed by atoms with E-state index in [0.29, 0.717) is 11.6 Å². The smallest absolute Gasteiger partial charge is 0.250 e. The SMILES string of the molecule is O=c1ccc(Br)cn1Cc1ccc(Br)cc1Cl. The summed E-state index contributed by atoms with van der Waals surface area (Å²) in [5, 5.41) is 0.645. The van der Waals surface area contributed by atoms with Crippen molar-refractivity contribution in [2.24, 2.45) is 0 Å². The van der Waals surface area contributed by atoms with Crippen LogP contribution >= 0.6 is 43.5 Å². The van der Waals surface area contributed by atoms with Gasteiger partial charge in [-0.1, -0.05) is 33.6 Å². The van der Waals surface area contributed by atoms with Gasteiger partial charge in [0.2, 0.25) is 0 Å². The fraction of sp³-hybridized carbons (Fsp3) is 0.0833. The van der Waals surface area contributed by atoms with E-state index in [-0.39, 0.29) is 5.56 Å². The minimum absolute atomic E-state index is 0.0489. The standard InChI is InChI=1S/C12H8Br2ClNO/c13-9-2-1-8(11(15)5-9)6-16-7-10(14)3-4-12(16)17/h1-5,7H,6H2. The monoisotopic (exact) mass is 375 g/mol. The zero-order valence-corrected chi connectivity index (χ0v) is 12.6. The summed E-state index contributed by atoms with van der Waals surface area (Å²) in [7, 11) is 0. The molecule has 17 heavy (non-hydrogen) atoms. The third-order valence-electron chi connectivity index (χ3n) is 2.30. The predicted octanol–water partition coefficient (Wildman–Crippen LogP) is 4.08. The quantitative estimate of drug-likeness (QED) is 0.773. The number of benzene rings is 1. The van der Waals surface area contributed by atoms with Gasteiger partial charge in [0, 0.05) is 26.2 Å². The Morgan fingerprint density at radius 2 is 1.82 bits per heavy atom. The summed E-state index contributed by atoms with van der Waals surface area (Å²) in [6, 6.07) is 8.88. The highest BCUT2D eigenvalue weighted by Gasteiger charge is 2.03. The van der Waals surface area contributed by atoms with Gasteiger partial charge in [-0.05, 0) is 39.7 Å². The first kappa shape index (κ1) is 12.9. The zero-order valence-electron chi connectivity index (χ0n) is 8.66. The lowest BCUT2D eigenvalue weighted by molar-refractivity contribution is 0.756. The van der Waals surface area contributed by atoms with E-state index in [1.807, 2.05) is 18.2 Å². The molecule has 0 bridgehead atoms. The molecule has 2 nitrogen and oxygen atoms in total. The molecule has 1 aromatic carbocycles. The highest BCUT2D eigenvalue weighted by molar-refractivity contribution is 9.10. The lowest BCUT2D eigenvalue weighted by atomic mass is 10.2. The summed E-state index contributed by atoms with van der Waals surface area (Å²) in [6.07, 6.45) is 1.75. The molecule has 0 spiro atoms. The third-order valence-corrected chi connectivity index (χ3v) is 3.62. The lowest BCUT2D eigenvalue weighted by Crippen LogP contribution is -2.18. The number of rotatable bonds is 2. The maximum absolute atomic E-state index is 11.6. The Morgan fingerprint density at radius 1 is 1.12 bits per heavy atom. The number of nitrogens with zero attached hydrogens (tertiary/aromatic N) is 1. The number of aromatic nitrogens is 1. The molecule has 0 radical (unpaired) electrons. The molecular weight excluding hydrogens is 369 g/mol. The molecule has 1 heterocycles. The molecule has 0 saturated heterocycles.